The monoisotopic (exact) mass is 368 g/mol. The van der Waals surface area contributed by atoms with Crippen LogP contribution in [0.3, 0.4) is 0 Å². The van der Waals surface area contributed by atoms with Crippen LogP contribution in [0.25, 0.3) is 0 Å². The Bertz CT molecular complexity index is 790. The Kier molecular flexibility index (Phi) is 5.01. The lowest BCUT2D eigenvalue weighted by atomic mass is 10.0. The quantitative estimate of drug-likeness (QED) is 0.897. The fraction of sp³-hybridized carbons (Fsp3) is 0.381. The predicted octanol–water partition coefficient (Wildman–Crippen LogP) is 3.29. The van der Waals surface area contributed by atoms with Crippen LogP contribution in [0.2, 0.25) is 0 Å². The third-order valence-electron chi connectivity index (χ3n) is 5.18. The first-order valence-electron chi connectivity index (χ1n) is 9.26. The molecule has 0 saturated carbocycles. The summed E-state index contributed by atoms with van der Waals surface area (Å²) in [6.45, 7) is 3.18. The molecule has 2 saturated heterocycles. The van der Waals surface area contributed by atoms with Crippen molar-refractivity contribution in [3.05, 3.63) is 54.1 Å². The number of nitrogens with zero attached hydrogens (tertiary/aromatic N) is 1. The molecule has 0 unspecified atom stereocenters. The van der Waals surface area contributed by atoms with Crippen molar-refractivity contribution in [3.63, 3.8) is 0 Å². The highest BCUT2D eigenvalue weighted by Gasteiger charge is 2.39. The molecule has 2 aliphatic heterocycles. The summed E-state index contributed by atoms with van der Waals surface area (Å²) in [6, 6.07) is 15.1. The molecular formula is C21H24N2O4. The lowest BCUT2D eigenvalue weighted by Crippen LogP contribution is -2.45. The molecule has 6 heteroatoms. The van der Waals surface area contributed by atoms with Gasteiger partial charge in [-0.15, -0.1) is 0 Å². The van der Waals surface area contributed by atoms with Crippen molar-refractivity contribution in [1.29, 1.82) is 0 Å². The van der Waals surface area contributed by atoms with E-state index in [2.05, 4.69) is 10.2 Å². The molecule has 2 aliphatic rings. The van der Waals surface area contributed by atoms with Crippen molar-refractivity contribution in [2.24, 2.45) is 0 Å². The van der Waals surface area contributed by atoms with Gasteiger partial charge in [-0.2, -0.15) is 0 Å². The van der Waals surface area contributed by atoms with E-state index in [0.29, 0.717) is 24.5 Å². The van der Waals surface area contributed by atoms with Gasteiger partial charge in [0.15, 0.2) is 5.79 Å². The highest BCUT2D eigenvalue weighted by molar-refractivity contribution is 6.06. The SMILES string of the molecule is COc1ccccc1C(=O)Nc1ccc(N2CCC3(CC2)OCCO3)cc1. The number of methoxy groups -OCH3 is 1. The van der Waals surface area contributed by atoms with Crippen LogP contribution < -0.4 is 15.0 Å². The van der Waals surface area contributed by atoms with Gasteiger partial charge in [0, 0.05) is 37.3 Å². The number of hydrogen-bond donors (Lipinski definition) is 1. The van der Waals surface area contributed by atoms with E-state index < -0.39 is 0 Å². The van der Waals surface area contributed by atoms with Gasteiger partial charge in [-0.1, -0.05) is 12.1 Å². The number of carbonyl (C=O) groups is 1. The Labute approximate surface area is 159 Å². The maximum atomic E-state index is 12.5. The van der Waals surface area contributed by atoms with Crippen molar-refractivity contribution < 1.29 is 19.0 Å². The molecule has 4 rings (SSSR count). The first-order valence-corrected chi connectivity index (χ1v) is 9.26. The van der Waals surface area contributed by atoms with Crippen LogP contribution in [0.15, 0.2) is 48.5 Å². The third-order valence-corrected chi connectivity index (χ3v) is 5.18. The molecule has 2 fully saturated rings. The van der Waals surface area contributed by atoms with Crippen molar-refractivity contribution in [3.8, 4) is 5.75 Å². The van der Waals surface area contributed by atoms with E-state index >= 15 is 0 Å². The molecular weight excluding hydrogens is 344 g/mol. The Hall–Kier alpha value is -2.57. The van der Waals surface area contributed by atoms with E-state index in [1.165, 1.54) is 0 Å². The second-order valence-corrected chi connectivity index (χ2v) is 6.80. The van der Waals surface area contributed by atoms with Crippen molar-refractivity contribution in [2.75, 3.05) is 43.6 Å². The Morgan fingerprint density at radius 1 is 1.04 bits per heavy atom. The number of carbonyl (C=O) groups excluding carboxylic acids is 1. The molecule has 142 valence electrons. The van der Waals surface area contributed by atoms with Gasteiger partial charge in [-0.25, -0.2) is 0 Å². The van der Waals surface area contributed by atoms with Crippen molar-refractivity contribution >= 4 is 17.3 Å². The van der Waals surface area contributed by atoms with Crippen LogP contribution in [0.4, 0.5) is 11.4 Å². The molecule has 0 atom stereocenters. The second kappa shape index (κ2) is 7.58. The molecule has 0 aliphatic carbocycles. The number of rotatable bonds is 4. The van der Waals surface area contributed by atoms with Crippen LogP contribution in [-0.4, -0.2) is 45.1 Å². The van der Waals surface area contributed by atoms with Crippen LogP contribution in [0, 0.1) is 0 Å². The Balaban J connectivity index is 1.38. The minimum absolute atomic E-state index is 0.185. The summed E-state index contributed by atoms with van der Waals surface area (Å²) >= 11 is 0. The zero-order valence-corrected chi connectivity index (χ0v) is 15.4. The molecule has 27 heavy (non-hydrogen) atoms. The first-order chi connectivity index (χ1) is 13.2. The van der Waals surface area contributed by atoms with E-state index in [9.17, 15) is 4.79 Å². The van der Waals surface area contributed by atoms with Crippen LogP contribution in [-0.2, 0) is 9.47 Å². The normalized spacial score (nSPS) is 18.5. The van der Waals surface area contributed by atoms with Gasteiger partial charge in [0.1, 0.15) is 5.75 Å². The van der Waals surface area contributed by atoms with E-state index in [-0.39, 0.29) is 11.7 Å². The Morgan fingerprint density at radius 2 is 1.70 bits per heavy atom. The second-order valence-electron chi connectivity index (χ2n) is 6.80. The van der Waals surface area contributed by atoms with Gasteiger partial charge in [-0.3, -0.25) is 4.79 Å². The number of ether oxygens (including phenoxy) is 3. The number of anilines is 2. The molecule has 6 nitrogen and oxygen atoms in total. The highest BCUT2D eigenvalue weighted by Crippen LogP contribution is 2.33. The fourth-order valence-electron chi connectivity index (χ4n) is 3.68. The average molecular weight is 368 g/mol. The summed E-state index contributed by atoms with van der Waals surface area (Å²) < 4.78 is 16.8. The van der Waals surface area contributed by atoms with Gasteiger partial charge in [0.05, 0.1) is 25.9 Å². The lowest BCUT2D eigenvalue weighted by Gasteiger charge is -2.38. The Morgan fingerprint density at radius 3 is 2.37 bits per heavy atom. The lowest BCUT2D eigenvalue weighted by molar-refractivity contribution is -0.169. The minimum atomic E-state index is -0.362. The van der Waals surface area contributed by atoms with Crippen LogP contribution in [0.1, 0.15) is 23.2 Å². The van der Waals surface area contributed by atoms with Gasteiger partial charge in [-0.05, 0) is 36.4 Å². The van der Waals surface area contributed by atoms with Crippen molar-refractivity contribution in [1.82, 2.24) is 0 Å². The number of benzene rings is 2. The maximum absolute atomic E-state index is 12.5. The topological polar surface area (TPSA) is 60.0 Å². The summed E-state index contributed by atoms with van der Waals surface area (Å²) in [5.74, 6) is 0.0138. The third kappa shape index (κ3) is 3.77. The summed E-state index contributed by atoms with van der Waals surface area (Å²) in [5.41, 5.74) is 2.41. The van der Waals surface area contributed by atoms with Crippen LogP contribution in [0.5, 0.6) is 5.75 Å². The zero-order chi connectivity index (χ0) is 18.7. The molecule has 1 spiro atoms. The highest BCUT2D eigenvalue weighted by atomic mass is 16.7. The van der Waals surface area contributed by atoms with Gasteiger partial charge in [0.2, 0.25) is 0 Å². The zero-order valence-electron chi connectivity index (χ0n) is 15.4. The molecule has 2 heterocycles. The number of para-hydroxylation sites is 1. The van der Waals surface area contributed by atoms with E-state index in [1.807, 2.05) is 36.4 Å². The average Bonchev–Trinajstić information content (AvgIpc) is 3.17. The molecule has 0 bridgehead atoms. The number of amides is 1. The standard InChI is InChI=1S/C21H24N2O4/c1-25-19-5-3-2-4-18(19)20(24)22-16-6-8-17(9-7-16)23-12-10-21(11-13-23)26-14-15-27-21/h2-9H,10-15H2,1H3,(H,22,24). The molecule has 0 radical (unpaired) electrons. The van der Waals surface area contributed by atoms with E-state index in [0.717, 1.165) is 37.3 Å². The van der Waals surface area contributed by atoms with E-state index in [1.54, 1.807) is 19.2 Å². The number of hydrogen-bond acceptors (Lipinski definition) is 5. The first kappa shape index (κ1) is 17.8. The maximum Gasteiger partial charge on any atom is 0.259 e. The molecule has 1 N–H and O–H groups in total. The van der Waals surface area contributed by atoms with E-state index in [4.69, 9.17) is 14.2 Å². The molecule has 0 aromatic heterocycles. The predicted molar refractivity (Wildman–Crippen MR) is 103 cm³/mol. The molecule has 1 amide bonds. The minimum Gasteiger partial charge on any atom is -0.496 e. The van der Waals surface area contributed by atoms with Gasteiger partial charge in [0.25, 0.3) is 5.91 Å². The number of nitrogens with one attached hydrogen (secondary N) is 1. The van der Waals surface area contributed by atoms with Crippen molar-refractivity contribution in [2.45, 2.75) is 18.6 Å². The number of piperidine rings is 1. The summed E-state index contributed by atoms with van der Waals surface area (Å²) in [5, 5.41) is 2.93. The molecule has 2 aromatic rings. The summed E-state index contributed by atoms with van der Waals surface area (Å²) in [6.07, 6.45) is 1.75. The van der Waals surface area contributed by atoms with Gasteiger partial charge < -0.3 is 24.4 Å². The summed E-state index contributed by atoms with van der Waals surface area (Å²) in [4.78, 5) is 14.8. The van der Waals surface area contributed by atoms with Gasteiger partial charge >= 0.3 is 0 Å². The largest absolute Gasteiger partial charge is 0.496 e. The smallest absolute Gasteiger partial charge is 0.259 e. The fourth-order valence-corrected chi connectivity index (χ4v) is 3.68. The summed E-state index contributed by atoms with van der Waals surface area (Å²) in [7, 11) is 1.56. The molecule has 2 aromatic carbocycles. The van der Waals surface area contributed by atoms with Crippen LogP contribution >= 0.6 is 0 Å².